The lowest BCUT2D eigenvalue weighted by Crippen LogP contribution is -2.46. The Morgan fingerprint density at radius 2 is 2.14 bits per heavy atom. The van der Waals surface area contributed by atoms with Crippen molar-refractivity contribution in [2.24, 2.45) is 16.8 Å². The lowest BCUT2D eigenvalue weighted by molar-refractivity contribution is -0.127. The van der Waals surface area contributed by atoms with Crippen LogP contribution in [0.1, 0.15) is 38.2 Å². The highest BCUT2D eigenvalue weighted by atomic mass is 16.5. The van der Waals surface area contributed by atoms with Gasteiger partial charge in [0, 0.05) is 26.7 Å². The third-order valence-corrected chi connectivity index (χ3v) is 5.85. The van der Waals surface area contributed by atoms with Gasteiger partial charge in [-0.3, -0.25) is 4.79 Å². The Kier molecular flexibility index (Phi) is 7.18. The molecule has 0 spiro atoms. The van der Waals surface area contributed by atoms with Gasteiger partial charge in [0.15, 0.2) is 5.96 Å². The van der Waals surface area contributed by atoms with Crippen LogP contribution < -0.4 is 15.4 Å². The number of rotatable bonds is 8. The van der Waals surface area contributed by atoms with Crippen molar-refractivity contribution in [3.63, 3.8) is 0 Å². The van der Waals surface area contributed by atoms with Crippen LogP contribution in [-0.4, -0.2) is 56.6 Å². The molecule has 2 aliphatic carbocycles. The summed E-state index contributed by atoms with van der Waals surface area (Å²) in [4.78, 5) is 18.1. The first kappa shape index (κ1) is 20.5. The number of hydrogen-bond acceptors (Lipinski definition) is 3. The monoisotopic (exact) mass is 386 g/mol. The van der Waals surface area contributed by atoms with Gasteiger partial charge in [-0.1, -0.05) is 18.6 Å². The number of amides is 1. The van der Waals surface area contributed by atoms with E-state index in [-0.39, 0.29) is 12.5 Å². The standard InChI is InChI=1S/C22H34N4O2/c1-4-28-19-7-5-6-16(13-19)10-11-23-22(24-15-21(27)26(2)3)25-20-14-17-8-9-18(20)12-17/h5-7,13,17-18,20H,4,8-12,14-15H2,1-3H3,(H2,23,24,25). The molecule has 3 rings (SSSR count). The maximum absolute atomic E-state index is 12.0. The second-order valence-electron chi connectivity index (χ2n) is 8.14. The van der Waals surface area contributed by atoms with Crippen LogP contribution in [0.25, 0.3) is 0 Å². The fourth-order valence-electron chi connectivity index (χ4n) is 4.32. The lowest BCUT2D eigenvalue weighted by Gasteiger charge is -2.25. The van der Waals surface area contributed by atoms with Gasteiger partial charge in [-0.15, -0.1) is 0 Å². The smallest absolute Gasteiger partial charge is 0.243 e. The molecular formula is C22H34N4O2. The van der Waals surface area contributed by atoms with E-state index in [2.05, 4.69) is 27.8 Å². The van der Waals surface area contributed by atoms with Crippen molar-refractivity contribution >= 4 is 11.9 Å². The number of nitrogens with one attached hydrogen (secondary N) is 2. The molecule has 0 radical (unpaired) electrons. The summed E-state index contributed by atoms with van der Waals surface area (Å²) in [6.45, 7) is 3.60. The molecule has 0 heterocycles. The van der Waals surface area contributed by atoms with Crippen LogP contribution in [0.2, 0.25) is 0 Å². The van der Waals surface area contributed by atoms with E-state index < -0.39 is 0 Å². The summed E-state index contributed by atoms with van der Waals surface area (Å²) in [5.41, 5.74) is 1.22. The van der Waals surface area contributed by atoms with Gasteiger partial charge in [-0.25, -0.2) is 4.99 Å². The molecular weight excluding hydrogens is 352 g/mol. The van der Waals surface area contributed by atoms with Gasteiger partial charge in [0.2, 0.25) is 5.91 Å². The second-order valence-corrected chi connectivity index (χ2v) is 8.14. The predicted octanol–water partition coefficient (Wildman–Crippen LogP) is 2.44. The Morgan fingerprint density at radius 1 is 1.29 bits per heavy atom. The average molecular weight is 387 g/mol. The SMILES string of the molecule is CCOc1cccc(CCNC(=NCC(=O)N(C)C)NC2CC3CCC2C3)c1. The van der Waals surface area contributed by atoms with E-state index in [1.54, 1.807) is 19.0 Å². The summed E-state index contributed by atoms with van der Waals surface area (Å²) in [5.74, 6) is 3.30. The van der Waals surface area contributed by atoms with E-state index in [9.17, 15) is 4.79 Å². The minimum absolute atomic E-state index is 0.0125. The Labute approximate surface area is 168 Å². The molecule has 0 saturated heterocycles. The number of carbonyl (C=O) groups is 1. The minimum atomic E-state index is 0.0125. The molecule has 2 saturated carbocycles. The molecule has 28 heavy (non-hydrogen) atoms. The summed E-state index contributed by atoms with van der Waals surface area (Å²) in [7, 11) is 3.53. The molecule has 154 valence electrons. The zero-order valence-corrected chi connectivity index (χ0v) is 17.4. The third kappa shape index (κ3) is 5.63. The Bertz CT molecular complexity index is 689. The first-order chi connectivity index (χ1) is 13.5. The van der Waals surface area contributed by atoms with Crippen molar-refractivity contribution in [3.05, 3.63) is 29.8 Å². The van der Waals surface area contributed by atoms with Crippen LogP contribution in [-0.2, 0) is 11.2 Å². The zero-order valence-electron chi connectivity index (χ0n) is 17.4. The number of hydrogen-bond donors (Lipinski definition) is 2. The molecule has 2 N–H and O–H groups in total. The molecule has 1 amide bonds. The van der Waals surface area contributed by atoms with Gasteiger partial charge in [0.1, 0.15) is 12.3 Å². The first-order valence-corrected chi connectivity index (χ1v) is 10.5. The van der Waals surface area contributed by atoms with Crippen LogP contribution in [0, 0.1) is 11.8 Å². The predicted molar refractivity (Wildman–Crippen MR) is 113 cm³/mol. The van der Waals surface area contributed by atoms with Crippen molar-refractivity contribution in [2.45, 2.75) is 45.1 Å². The number of likely N-dealkylation sites (N-methyl/N-ethyl adjacent to an activating group) is 1. The fraction of sp³-hybridized carbons (Fsp3) is 0.636. The van der Waals surface area contributed by atoms with Crippen molar-refractivity contribution in [1.82, 2.24) is 15.5 Å². The second kappa shape index (κ2) is 9.80. The highest BCUT2D eigenvalue weighted by molar-refractivity contribution is 5.85. The largest absolute Gasteiger partial charge is 0.494 e. The molecule has 2 fully saturated rings. The van der Waals surface area contributed by atoms with Gasteiger partial charge in [-0.2, -0.15) is 0 Å². The first-order valence-electron chi connectivity index (χ1n) is 10.5. The number of fused-ring (bicyclic) bond motifs is 2. The summed E-state index contributed by atoms with van der Waals surface area (Å²) in [6.07, 6.45) is 6.13. The van der Waals surface area contributed by atoms with Crippen LogP contribution in [0.4, 0.5) is 0 Å². The Hall–Kier alpha value is -2.24. The van der Waals surface area contributed by atoms with E-state index in [1.807, 2.05) is 19.1 Å². The van der Waals surface area contributed by atoms with E-state index in [0.717, 1.165) is 36.5 Å². The number of aliphatic imine (C=N–C) groups is 1. The van der Waals surface area contributed by atoms with Gasteiger partial charge < -0.3 is 20.3 Å². The molecule has 2 bridgehead atoms. The van der Waals surface area contributed by atoms with Gasteiger partial charge in [-0.05, 0) is 62.1 Å². The molecule has 3 atom stereocenters. The Balaban J connectivity index is 1.56. The van der Waals surface area contributed by atoms with E-state index in [1.165, 1.54) is 31.2 Å². The highest BCUT2D eigenvalue weighted by Gasteiger charge is 2.39. The van der Waals surface area contributed by atoms with Gasteiger partial charge in [0.05, 0.1) is 6.61 Å². The molecule has 0 aliphatic heterocycles. The summed E-state index contributed by atoms with van der Waals surface area (Å²) >= 11 is 0. The number of ether oxygens (including phenoxy) is 1. The molecule has 1 aromatic rings. The Morgan fingerprint density at radius 3 is 2.82 bits per heavy atom. The van der Waals surface area contributed by atoms with Gasteiger partial charge in [0.25, 0.3) is 0 Å². The van der Waals surface area contributed by atoms with E-state index >= 15 is 0 Å². The highest BCUT2D eigenvalue weighted by Crippen LogP contribution is 2.44. The number of carbonyl (C=O) groups excluding carboxylic acids is 1. The zero-order chi connectivity index (χ0) is 19.9. The molecule has 6 nitrogen and oxygen atoms in total. The van der Waals surface area contributed by atoms with Crippen molar-refractivity contribution < 1.29 is 9.53 Å². The van der Waals surface area contributed by atoms with Crippen LogP contribution >= 0.6 is 0 Å². The molecule has 3 unspecified atom stereocenters. The topological polar surface area (TPSA) is 66.0 Å². The van der Waals surface area contributed by atoms with E-state index in [0.29, 0.717) is 12.6 Å². The average Bonchev–Trinajstić information content (AvgIpc) is 3.29. The summed E-state index contributed by atoms with van der Waals surface area (Å²) < 4.78 is 5.58. The van der Waals surface area contributed by atoms with Crippen LogP contribution in [0.15, 0.2) is 29.3 Å². The number of guanidine groups is 1. The van der Waals surface area contributed by atoms with Crippen LogP contribution in [0.5, 0.6) is 5.75 Å². The fourth-order valence-corrected chi connectivity index (χ4v) is 4.32. The van der Waals surface area contributed by atoms with Crippen LogP contribution in [0.3, 0.4) is 0 Å². The summed E-state index contributed by atoms with van der Waals surface area (Å²) in [5, 5.41) is 7.03. The third-order valence-electron chi connectivity index (χ3n) is 5.85. The lowest BCUT2D eigenvalue weighted by atomic mass is 9.95. The molecule has 6 heteroatoms. The molecule has 0 aromatic heterocycles. The van der Waals surface area contributed by atoms with Crippen molar-refractivity contribution in [3.8, 4) is 5.75 Å². The maximum Gasteiger partial charge on any atom is 0.243 e. The van der Waals surface area contributed by atoms with Gasteiger partial charge >= 0.3 is 0 Å². The number of benzene rings is 1. The minimum Gasteiger partial charge on any atom is -0.494 e. The van der Waals surface area contributed by atoms with Crippen molar-refractivity contribution in [2.75, 3.05) is 33.8 Å². The number of nitrogens with zero attached hydrogens (tertiary/aromatic N) is 2. The normalized spacial score (nSPS) is 23.5. The quantitative estimate of drug-likeness (QED) is 0.532. The molecule has 2 aliphatic rings. The maximum atomic E-state index is 12.0. The molecule has 1 aromatic carbocycles. The summed E-state index contributed by atoms with van der Waals surface area (Å²) in [6, 6.07) is 8.69. The van der Waals surface area contributed by atoms with Crippen molar-refractivity contribution in [1.29, 1.82) is 0 Å². The van der Waals surface area contributed by atoms with E-state index in [4.69, 9.17) is 4.74 Å².